The van der Waals surface area contributed by atoms with E-state index in [9.17, 15) is 0 Å². The molecule has 78 valence electrons. The predicted octanol–water partition coefficient (Wildman–Crippen LogP) is 2.67. The molecule has 0 amide bonds. The molecule has 14 heavy (non-hydrogen) atoms. The number of rotatable bonds is 4. The fraction of sp³-hybridized carbons (Fsp3) is 0.700. The van der Waals surface area contributed by atoms with Gasteiger partial charge in [0, 0.05) is 11.1 Å². The van der Waals surface area contributed by atoms with Gasteiger partial charge in [0.25, 0.3) is 0 Å². The maximum absolute atomic E-state index is 5.62. The van der Waals surface area contributed by atoms with E-state index in [1.807, 2.05) is 11.7 Å². The van der Waals surface area contributed by atoms with Gasteiger partial charge in [0.15, 0.2) is 0 Å². The third kappa shape index (κ3) is 2.53. The van der Waals surface area contributed by atoms with Crippen molar-refractivity contribution < 1.29 is 4.84 Å². The van der Waals surface area contributed by atoms with Crippen LogP contribution in [-0.2, 0) is 4.84 Å². The molecule has 1 N–H and O–H groups in total. The number of hydrogen-bond acceptors (Lipinski definition) is 4. The highest BCUT2D eigenvalue weighted by Crippen LogP contribution is 2.22. The molecule has 1 atom stereocenters. The molecule has 1 aliphatic rings. The highest BCUT2D eigenvalue weighted by Gasteiger charge is 2.17. The Morgan fingerprint density at radius 2 is 2.36 bits per heavy atom. The minimum Gasteiger partial charge on any atom is -0.298 e. The van der Waals surface area contributed by atoms with E-state index in [2.05, 4.69) is 17.4 Å². The molecule has 0 radical (unpaired) electrons. The largest absolute Gasteiger partial charge is 0.298 e. The van der Waals surface area contributed by atoms with Gasteiger partial charge >= 0.3 is 0 Å². The van der Waals surface area contributed by atoms with Gasteiger partial charge in [-0.15, -0.1) is 11.3 Å². The number of thiazole rings is 1. The maximum atomic E-state index is 5.62. The lowest BCUT2D eigenvalue weighted by Gasteiger charge is -2.15. The number of hydroxylamine groups is 1. The van der Waals surface area contributed by atoms with Gasteiger partial charge in [-0.25, -0.2) is 0 Å². The molecule has 1 aromatic rings. The number of nitrogens with zero attached hydrogens (tertiary/aromatic N) is 1. The van der Waals surface area contributed by atoms with Gasteiger partial charge in [0.05, 0.1) is 17.7 Å². The van der Waals surface area contributed by atoms with Crippen LogP contribution in [0.25, 0.3) is 0 Å². The highest BCUT2D eigenvalue weighted by atomic mass is 32.1. The number of hydrogen-bond donors (Lipinski definition) is 1. The van der Waals surface area contributed by atoms with E-state index < -0.39 is 0 Å². The first kappa shape index (κ1) is 10.1. The van der Waals surface area contributed by atoms with Crippen LogP contribution in [0.5, 0.6) is 0 Å². The van der Waals surface area contributed by atoms with Crippen LogP contribution in [0.1, 0.15) is 43.5 Å². The van der Waals surface area contributed by atoms with Crippen LogP contribution in [0.15, 0.2) is 11.7 Å². The first-order chi connectivity index (χ1) is 6.86. The minimum absolute atomic E-state index is 0.253. The van der Waals surface area contributed by atoms with Crippen molar-refractivity contribution in [2.75, 3.05) is 0 Å². The van der Waals surface area contributed by atoms with Crippen molar-refractivity contribution in [3.8, 4) is 0 Å². The van der Waals surface area contributed by atoms with E-state index in [-0.39, 0.29) is 6.04 Å². The number of nitrogens with one attached hydrogen (secondary N) is 1. The fourth-order valence-corrected chi connectivity index (χ4v) is 2.32. The SMILES string of the molecule is CC(NOC1CCCC1)c1cncs1. The van der Waals surface area contributed by atoms with Gasteiger partial charge in [-0.3, -0.25) is 9.82 Å². The molecule has 1 saturated carbocycles. The van der Waals surface area contributed by atoms with E-state index >= 15 is 0 Å². The van der Waals surface area contributed by atoms with Crippen LogP contribution in [0.3, 0.4) is 0 Å². The van der Waals surface area contributed by atoms with E-state index in [4.69, 9.17) is 4.84 Å². The smallest absolute Gasteiger partial charge is 0.0794 e. The second-order valence-electron chi connectivity index (χ2n) is 3.77. The maximum Gasteiger partial charge on any atom is 0.0794 e. The topological polar surface area (TPSA) is 34.1 Å². The lowest BCUT2D eigenvalue weighted by atomic mass is 10.3. The minimum atomic E-state index is 0.253. The fourth-order valence-electron chi connectivity index (χ4n) is 1.70. The summed E-state index contributed by atoms with van der Waals surface area (Å²) in [6.07, 6.45) is 7.32. The van der Waals surface area contributed by atoms with Crippen LogP contribution in [-0.4, -0.2) is 11.1 Å². The molecule has 0 aromatic carbocycles. The predicted molar refractivity (Wildman–Crippen MR) is 57.0 cm³/mol. The van der Waals surface area contributed by atoms with Crippen molar-refractivity contribution in [2.45, 2.75) is 44.8 Å². The van der Waals surface area contributed by atoms with E-state index in [1.165, 1.54) is 30.6 Å². The summed E-state index contributed by atoms with van der Waals surface area (Å²) in [4.78, 5) is 10.9. The van der Waals surface area contributed by atoms with E-state index in [0.717, 1.165) is 0 Å². The summed E-state index contributed by atoms with van der Waals surface area (Å²) in [5, 5.41) is 0. The Morgan fingerprint density at radius 3 is 3.00 bits per heavy atom. The summed E-state index contributed by atoms with van der Waals surface area (Å²) in [6, 6.07) is 0.253. The Bertz CT molecular complexity index is 257. The Hall–Kier alpha value is -0.450. The molecule has 0 aliphatic heterocycles. The van der Waals surface area contributed by atoms with Crippen molar-refractivity contribution in [2.24, 2.45) is 0 Å². The molecule has 2 rings (SSSR count). The van der Waals surface area contributed by atoms with Gasteiger partial charge < -0.3 is 0 Å². The highest BCUT2D eigenvalue weighted by molar-refractivity contribution is 7.09. The van der Waals surface area contributed by atoms with Crippen LogP contribution in [0.2, 0.25) is 0 Å². The van der Waals surface area contributed by atoms with Gasteiger partial charge in [0.2, 0.25) is 0 Å². The van der Waals surface area contributed by atoms with Crippen molar-refractivity contribution >= 4 is 11.3 Å². The molecule has 1 aromatic heterocycles. The Morgan fingerprint density at radius 1 is 1.57 bits per heavy atom. The van der Waals surface area contributed by atoms with Crippen molar-refractivity contribution in [3.05, 3.63) is 16.6 Å². The third-order valence-electron chi connectivity index (χ3n) is 2.59. The van der Waals surface area contributed by atoms with Crippen molar-refractivity contribution in [1.82, 2.24) is 10.5 Å². The first-order valence-corrected chi connectivity index (χ1v) is 6.04. The Kier molecular flexibility index (Phi) is 3.50. The average molecular weight is 212 g/mol. The van der Waals surface area contributed by atoms with Crippen LogP contribution >= 0.6 is 11.3 Å². The van der Waals surface area contributed by atoms with Gasteiger partial charge in [-0.1, -0.05) is 12.8 Å². The molecular weight excluding hydrogens is 196 g/mol. The molecule has 0 spiro atoms. The van der Waals surface area contributed by atoms with Gasteiger partial charge in [-0.2, -0.15) is 5.48 Å². The summed E-state index contributed by atoms with van der Waals surface area (Å²) >= 11 is 1.66. The second-order valence-corrected chi connectivity index (χ2v) is 4.69. The molecule has 1 heterocycles. The molecule has 1 aliphatic carbocycles. The van der Waals surface area contributed by atoms with E-state index in [0.29, 0.717) is 6.10 Å². The quantitative estimate of drug-likeness (QED) is 0.779. The molecule has 0 saturated heterocycles. The summed E-state index contributed by atoms with van der Waals surface area (Å²) in [6.45, 7) is 2.10. The van der Waals surface area contributed by atoms with E-state index in [1.54, 1.807) is 11.3 Å². The van der Waals surface area contributed by atoms with Crippen LogP contribution in [0, 0.1) is 0 Å². The second kappa shape index (κ2) is 4.87. The third-order valence-corrected chi connectivity index (χ3v) is 3.55. The summed E-state index contributed by atoms with van der Waals surface area (Å²) in [7, 11) is 0. The van der Waals surface area contributed by atoms with Gasteiger partial charge in [-0.05, 0) is 19.8 Å². The Balaban J connectivity index is 1.74. The standard InChI is InChI=1S/C10H16N2OS/c1-8(10-6-11-7-14-10)12-13-9-4-2-3-5-9/h6-9,12H,2-5H2,1H3. The molecule has 1 fully saturated rings. The van der Waals surface area contributed by atoms with Crippen LogP contribution < -0.4 is 5.48 Å². The molecule has 4 heteroatoms. The lowest BCUT2D eigenvalue weighted by molar-refractivity contribution is -0.0371. The zero-order valence-corrected chi connectivity index (χ0v) is 9.22. The first-order valence-electron chi connectivity index (χ1n) is 5.16. The summed E-state index contributed by atoms with van der Waals surface area (Å²) < 4.78 is 0. The lowest BCUT2D eigenvalue weighted by Crippen LogP contribution is -2.24. The van der Waals surface area contributed by atoms with Gasteiger partial charge in [0.1, 0.15) is 0 Å². The molecule has 1 unspecified atom stereocenters. The summed E-state index contributed by atoms with van der Waals surface area (Å²) in [5.74, 6) is 0. The van der Waals surface area contributed by atoms with Crippen molar-refractivity contribution in [3.63, 3.8) is 0 Å². The molecule has 0 bridgehead atoms. The number of aromatic nitrogens is 1. The summed E-state index contributed by atoms with van der Waals surface area (Å²) in [5.41, 5.74) is 4.95. The zero-order chi connectivity index (χ0) is 9.80. The monoisotopic (exact) mass is 212 g/mol. The van der Waals surface area contributed by atoms with Crippen molar-refractivity contribution in [1.29, 1.82) is 0 Å². The normalized spacial score (nSPS) is 20.1. The van der Waals surface area contributed by atoms with Crippen LogP contribution in [0.4, 0.5) is 0 Å². The molecular formula is C10H16N2OS. The Labute approximate surface area is 88.5 Å². The average Bonchev–Trinajstić information content (AvgIpc) is 2.87. The zero-order valence-electron chi connectivity index (χ0n) is 8.40. The molecule has 3 nitrogen and oxygen atoms in total.